The minimum Gasteiger partial charge on any atom is -0.478 e. The van der Waals surface area contributed by atoms with Crippen LogP contribution in [0.15, 0.2) is 39.0 Å². The lowest BCUT2D eigenvalue weighted by Gasteiger charge is -2.03. The third kappa shape index (κ3) is 3.51. The SMILES string of the molecule is O=C(O)c1cc(SCc2cc(Br)cs2)ccc1Cl. The summed E-state index contributed by atoms with van der Waals surface area (Å²) < 4.78 is 1.07. The smallest absolute Gasteiger partial charge is 0.337 e. The van der Waals surface area contributed by atoms with E-state index in [-0.39, 0.29) is 10.6 Å². The van der Waals surface area contributed by atoms with Crippen molar-refractivity contribution in [2.24, 2.45) is 0 Å². The van der Waals surface area contributed by atoms with E-state index in [9.17, 15) is 4.79 Å². The van der Waals surface area contributed by atoms with Gasteiger partial charge in [0, 0.05) is 25.4 Å². The highest BCUT2D eigenvalue weighted by Gasteiger charge is 2.09. The van der Waals surface area contributed by atoms with Gasteiger partial charge in [0.2, 0.25) is 0 Å². The quantitative estimate of drug-likeness (QED) is 0.763. The Morgan fingerprint density at radius 1 is 1.44 bits per heavy atom. The lowest BCUT2D eigenvalue weighted by molar-refractivity contribution is 0.0697. The molecule has 0 unspecified atom stereocenters. The van der Waals surface area contributed by atoms with Crippen molar-refractivity contribution in [2.45, 2.75) is 10.6 Å². The molecule has 2 rings (SSSR count). The summed E-state index contributed by atoms with van der Waals surface area (Å²) in [7, 11) is 0. The van der Waals surface area contributed by atoms with Gasteiger partial charge in [0.15, 0.2) is 0 Å². The summed E-state index contributed by atoms with van der Waals surface area (Å²) in [6, 6.07) is 7.13. The first kappa shape index (κ1) is 13.9. The molecule has 0 fully saturated rings. The highest BCUT2D eigenvalue weighted by Crippen LogP contribution is 2.30. The molecule has 1 aromatic carbocycles. The van der Waals surface area contributed by atoms with Crippen LogP contribution >= 0.6 is 50.6 Å². The number of thioether (sulfide) groups is 1. The molecule has 0 atom stereocenters. The molecule has 1 aromatic heterocycles. The van der Waals surface area contributed by atoms with Gasteiger partial charge in [-0.05, 0) is 40.2 Å². The second kappa shape index (κ2) is 6.10. The molecule has 94 valence electrons. The van der Waals surface area contributed by atoms with Gasteiger partial charge in [0.05, 0.1) is 10.6 Å². The Hall–Kier alpha value is -0.490. The molecule has 1 N–H and O–H groups in total. The third-order valence-corrected chi connectivity index (χ3v) is 5.42. The van der Waals surface area contributed by atoms with Gasteiger partial charge in [-0.3, -0.25) is 0 Å². The van der Waals surface area contributed by atoms with Crippen molar-refractivity contribution in [3.05, 3.63) is 49.6 Å². The minimum atomic E-state index is -0.999. The number of hydrogen-bond donors (Lipinski definition) is 1. The van der Waals surface area contributed by atoms with Crippen LogP contribution in [-0.2, 0) is 5.75 Å². The number of carboxylic acids is 1. The van der Waals surface area contributed by atoms with Gasteiger partial charge in [-0.1, -0.05) is 11.6 Å². The van der Waals surface area contributed by atoms with Crippen LogP contribution in [0, 0.1) is 0 Å². The molecule has 0 bridgehead atoms. The van der Waals surface area contributed by atoms with E-state index in [1.807, 2.05) is 11.4 Å². The Morgan fingerprint density at radius 2 is 2.22 bits per heavy atom. The molecule has 0 amide bonds. The maximum absolute atomic E-state index is 11.0. The van der Waals surface area contributed by atoms with E-state index < -0.39 is 5.97 Å². The fourth-order valence-electron chi connectivity index (χ4n) is 1.34. The molecular formula is C12H8BrClO2S2. The lowest BCUT2D eigenvalue weighted by atomic mass is 10.2. The van der Waals surface area contributed by atoms with Crippen molar-refractivity contribution in [1.82, 2.24) is 0 Å². The van der Waals surface area contributed by atoms with E-state index in [1.165, 1.54) is 4.88 Å². The van der Waals surface area contributed by atoms with Crippen molar-refractivity contribution in [2.75, 3.05) is 0 Å². The van der Waals surface area contributed by atoms with Crippen LogP contribution in [-0.4, -0.2) is 11.1 Å². The molecule has 0 spiro atoms. The van der Waals surface area contributed by atoms with Crippen LogP contribution in [0.3, 0.4) is 0 Å². The number of benzene rings is 1. The molecule has 2 nitrogen and oxygen atoms in total. The number of carbonyl (C=O) groups is 1. The maximum atomic E-state index is 11.0. The molecule has 6 heteroatoms. The highest BCUT2D eigenvalue weighted by atomic mass is 79.9. The van der Waals surface area contributed by atoms with Crippen LogP contribution in [0.2, 0.25) is 5.02 Å². The van der Waals surface area contributed by atoms with E-state index in [1.54, 1.807) is 35.2 Å². The van der Waals surface area contributed by atoms with E-state index in [2.05, 4.69) is 22.0 Å². The third-order valence-electron chi connectivity index (χ3n) is 2.17. The molecule has 18 heavy (non-hydrogen) atoms. The van der Waals surface area contributed by atoms with E-state index in [0.29, 0.717) is 0 Å². The first-order valence-corrected chi connectivity index (χ1v) is 7.98. The van der Waals surface area contributed by atoms with Gasteiger partial charge < -0.3 is 5.11 Å². The highest BCUT2D eigenvalue weighted by molar-refractivity contribution is 9.10. The van der Waals surface area contributed by atoms with Gasteiger partial charge in [0.1, 0.15) is 0 Å². The molecule has 0 radical (unpaired) electrons. The lowest BCUT2D eigenvalue weighted by Crippen LogP contribution is -1.97. The normalized spacial score (nSPS) is 10.6. The second-order valence-corrected chi connectivity index (χ2v) is 6.83. The van der Waals surface area contributed by atoms with Crippen molar-refractivity contribution in [3.63, 3.8) is 0 Å². The number of rotatable bonds is 4. The van der Waals surface area contributed by atoms with Gasteiger partial charge in [-0.2, -0.15) is 0 Å². The summed E-state index contributed by atoms with van der Waals surface area (Å²) in [5.74, 6) is -0.182. The average Bonchev–Trinajstić information content (AvgIpc) is 2.74. The summed E-state index contributed by atoms with van der Waals surface area (Å²) in [5, 5.41) is 11.3. The molecule has 2 aromatic rings. The molecule has 0 aliphatic carbocycles. The summed E-state index contributed by atoms with van der Waals surface area (Å²) in [6.07, 6.45) is 0. The monoisotopic (exact) mass is 362 g/mol. The molecule has 1 heterocycles. The summed E-state index contributed by atoms with van der Waals surface area (Å²) >= 11 is 12.5. The van der Waals surface area contributed by atoms with Crippen molar-refractivity contribution < 1.29 is 9.90 Å². The van der Waals surface area contributed by atoms with Crippen LogP contribution in [0.25, 0.3) is 0 Å². The first-order chi connectivity index (χ1) is 8.56. The summed E-state index contributed by atoms with van der Waals surface area (Å²) in [4.78, 5) is 13.1. The predicted molar refractivity (Wildman–Crippen MR) is 80.0 cm³/mol. The van der Waals surface area contributed by atoms with E-state index >= 15 is 0 Å². The molecule has 0 aliphatic heterocycles. The van der Waals surface area contributed by atoms with Crippen LogP contribution < -0.4 is 0 Å². The summed E-state index contributed by atoms with van der Waals surface area (Å²) in [5.41, 5.74) is 0.147. The molecule has 0 saturated heterocycles. The standard InChI is InChI=1S/C12H8BrClO2S2/c13-7-3-9(17-5-7)6-18-8-1-2-11(14)10(4-8)12(15)16/h1-5H,6H2,(H,15,16). The van der Waals surface area contributed by atoms with Gasteiger partial charge in [-0.25, -0.2) is 4.79 Å². The van der Waals surface area contributed by atoms with Crippen molar-refractivity contribution >= 4 is 56.6 Å². The number of halogens is 2. The molecule has 0 saturated carbocycles. The van der Waals surface area contributed by atoms with Crippen LogP contribution in [0.1, 0.15) is 15.2 Å². The summed E-state index contributed by atoms with van der Waals surface area (Å²) in [6.45, 7) is 0. The minimum absolute atomic E-state index is 0.147. The topological polar surface area (TPSA) is 37.3 Å². The molecular weight excluding hydrogens is 356 g/mol. The maximum Gasteiger partial charge on any atom is 0.337 e. The Labute approximate surface area is 126 Å². The Kier molecular flexibility index (Phi) is 4.72. The number of aromatic carboxylic acids is 1. The first-order valence-electron chi connectivity index (χ1n) is 4.95. The number of thiophene rings is 1. The van der Waals surface area contributed by atoms with Crippen LogP contribution in [0.4, 0.5) is 0 Å². The zero-order valence-corrected chi connectivity index (χ0v) is 13.0. The Bertz CT molecular complexity index is 583. The Morgan fingerprint density at radius 3 is 2.83 bits per heavy atom. The number of hydrogen-bond acceptors (Lipinski definition) is 3. The predicted octanol–water partition coefficient (Wildman–Crippen LogP) is 5.15. The van der Waals surface area contributed by atoms with Crippen molar-refractivity contribution in [1.29, 1.82) is 0 Å². The largest absolute Gasteiger partial charge is 0.478 e. The van der Waals surface area contributed by atoms with Gasteiger partial charge in [0.25, 0.3) is 0 Å². The fraction of sp³-hybridized carbons (Fsp3) is 0.0833. The zero-order chi connectivity index (χ0) is 13.1. The van der Waals surface area contributed by atoms with Gasteiger partial charge >= 0.3 is 5.97 Å². The fourth-order valence-corrected chi connectivity index (χ4v) is 3.98. The zero-order valence-electron chi connectivity index (χ0n) is 9.02. The van der Waals surface area contributed by atoms with Gasteiger partial charge in [-0.15, -0.1) is 23.1 Å². The second-order valence-electron chi connectivity index (χ2n) is 3.47. The van der Waals surface area contributed by atoms with Crippen LogP contribution in [0.5, 0.6) is 0 Å². The van der Waals surface area contributed by atoms with E-state index in [0.717, 1.165) is 15.1 Å². The Balaban J connectivity index is 2.10. The number of carboxylic acid groups (broad SMARTS) is 1. The average molecular weight is 364 g/mol. The molecule has 0 aliphatic rings. The van der Waals surface area contributed by atoms with E-state index in [4.69, 9.17) is 16.7 Å². The van der Waals surface area contributed by atoms with Crippen molar-refractivity contribution in [3.8, 4) is 0 Å².